The normalized spacial score (nSPS) is 16.6. The van der Waals surface area contributed by atoms with Crippen molar-refractivity contribution in [3.05, 3.63) is 0 Å². The van der Waals surface area contributed by atoms with E-state index in [-0.39, 0.29) is 23.8 Å². The third-order valence-corrected chi connectivity index (χ3v) is 3.41. The molecule has 1 N–H and O–H groups in total. The number of rotatable bonds is 4. The highest BCUT2D eigenvalue weighted by Crippen LogP contribution is 2.10. The molecule has 0 unspecified atom stereocenters. The minimum Gasteiger partial charge on any atom is -0.450 e. The van der Waals surface area contributed by atoms with Crippen molar-refractivity contribution < 1.29 is 19.1 Å². The van der Waals surface area contributed by atoms with Crippen LogP contribution in [0, 0.1) is 5.92 Å². The van der Waals surface area contributed by atoms with Gasteiger partial charge in [0.15, 0.2) is 0 Å². The number of carbonyl (C=O) groups excluding carboxylic acids is 3. The maximum absolute atomic E-state index is 12.5. The van der Waals surface area contributed by atoms with Gasteiger partial charge in [-0.1, -0.05) is 13.8 Å². The van der Waals surface area contributed by atoms with Crippen molar-refractivity contribution in [2.24, 2.45) is 5.92 Å². The van der Waals surface area contributed by atoms with Crippen molar-refractivity contribution in [2.75, 3.05) is 32.8 Å². The van der Waals surface area contributed by atoms with E-state index < -0.39 is 6.04 Å². The molecule has 120 valence electrons. The van der Waals surface area contributed by atoms with Crippen LogP contribution in [0.3, 0.4) is 0 Å². The van der Waals surface area contributed by atoms with Crippen molar-refractivity contribution in [1.82, 2.24) is 15.1 Å². The molecule has 0 aromatic rings. The van der Waals surface area contributed by atoms with E-state index in [0.29, 0.717) is 32.8 Å². The molecule has 1 heterocycles. The summed E-state index contributed by atoms with van der Waals surface area (Å²) in [6.07, 6.45) is -0.341. The summed E-state index contributed by atoms with van der Waals surface area (Å²) in [6, 6.07) is -0.517. The second-order valence-electron chi connectivity index (χ2n) is 5.43. The van der Waals surface area contributed by atoms with Crippen LogP contribution in [0.2, 0.25) is 0 Å². The third-order valence-electron chi connectivity index (χ3n) is 3.41. The molecular formula is C14H25N3O4. The van der Waals surface area contributed by atoms with Crippen LogP contribution in [0.5, 0.6) is 0 Å². The number of carbonyl (C=O) groups is 3. The Kier molecular flexibility index (Phi) is 6.45. The Morgan fingerprint density at radius 1 is 1.10 bits per heavy atom. The van der Waals surface area contributed by atoms with Gasteiger partial charge in [0.1, 0.15) is 6.04 Å². The molecule has 7 heteroatoms. The van der Waals surface area contributed by atoms with Gasteiger partial charge < -0.3 is 19.9 Å². The first-order valence-corrected chi connectivity index (χ1v) is 7.34. The van der Waals surface area contributed by atoms with Gasteiger partial charge >= 0.3 is 6.09 Å². The van der Waals surface area contributed by atoms with Gasteiger partial charge in [-0.3, -0.25) is 9.59 Å². The van der Waals surface area contributed by atoms with E-state index in [2.05, 4.69) is 5.32 Å². The maximum Gasteiger partial charge on any atom is 0.409 e. The minimum atomic E-state index is -0.517. The summed E-state index contributed by atoms with van der Waals surface area (Å²) < 4.78 is 4.94. The van der Waals surface area contributed by atoms with E-state index in [1.54, 1.807) is 16.7 Å². The molecule has 0 spiro atoms. The first-order valence-electron chi connectivity index (χ1n) is 7.34. The molecule has 1 rings (SSSR count). The van der Waals surface area contributed by atoms with Crippen molar-refractivity contribution in [1.29, 1.82) is 0 Å². The molecule has 0 aromatic carbocycles. The van der Waals surface area contributed by atoms with Gasteiger partial charge in [0.25, 0.3) is 0 Å². The van der Waals surface area contributed by atoms with E-state index in [0.717, 1.165) is 0 Å². The summed E-state index contributed by atoms with van der Waals surface area (Å²) >= 11 is 0. The molecule has 1 aliphatic heterocycles. The number of ether oxygens (including phenoxy) is 1. The van der Waals surface area contributed by atoms with Crippen LogP contribution in [0.25, 0.3) is 0 Å². The quantitative estimate of drug-likeness (QED) is 0.817. The molecule has 0 aliphatic carbocycles. The smallest absolute Gasteiger partial charge is 0.409 e. The Bertz CT molecular complexity index is 390. The lowest BCUT2D eigenvalue weighted by Gasteiger charge is -2.36. The minimum absolute atomic E-state index is 0.0180. The van der Waals surface area contributed by atoms with Gasteiger partial charge in [-0.05, 0) is 12.8 Å². The zero-order valence-corrected chi connectivity index (χ0v) is 13.2. The fourth-order valence-electron chi connectivity index (χ4n) is 2.25. The summed E-state index contributed by atoms with van der Waals surface area (Å²) in [7, 11) is 0. The van der Waals surface area contributed by atoms with Crippen LogP contribution in [-0.2, 0) is 14.3 Å². The van der Waals surface area contributed by atoms with Crippen molar-refractivity contribution >= 4 is 17.9 Å². The van der Waals surface area contributed by atoms with Crippen LogP contribution in [0.4, 0.5) is 4.79 Å². The highest BCUT2D eigenvalue weighted by atomic mass is 16.6. The van der Waals surface area contributed by atoms with Crippen molar-refractivity contribution in [2.45, 2.75) is 33.7 Å². The van der Waals surface area contributed by atoms with E-state index in [9.17, 15) is 14.4 Å². The van der Waals surface area contributed by atoms with Crippen LogP contribution in [0.1, 0.15) is 27.7 Å². The standard InChI is InChI=1S/C14H25N3O4/c1-5-21-14(20)17-8-6-16(7-9-17)13(19)12(10(2)3)15-11(4)18/h10,12H,5-9H2,1-4H3,(H,15,18)/t12-/m0/s1. The zero-order valence-electron chi connectivity index (χ0n) is 13.2. The molecule has 1 fully saturated rings. The Morgan fingerprint density at radius 3 is 2.05 bits per heavy atom. The number of hydrogen-bond acceptors (Lipinski definition) is 4. The maximum atomic E-state index is 12.5. The van der Waals surface area contributed by atoms with Gasteiger partial charge in [-0.25, -0.2) is 4.79 Å². The Balaban J connectivity index is 2.57. The molecule has 0 aromatic heterocycles. The van der Waals surface area contributed by atoms with Crippen LogP contribution >= 0.6 is 0 Å². The summed E-state index contributed by atoms with van der Waals surface area (Å²) in [4.78, 5) is 38.6. The Hall–Kier alpha value is -1.79. The number of nitrogens with zero attached hydrogens (tertiary/aromatic N) is 2. The molecule has 1 atom stereocenters. The zero-order chi connectivity index (χ0) is 16.0. The highest BCUT2D eigenvalue weighted by Gasteiger charge is 2.31. The topological polar surface area (TPSA) is 79.0 Å². The first-order chi connectivity index (χ1) is 9.86. The molecule has 0 saturated carbocycles. The third kappa shape index (κ3) is 4.91. The van der Waals surface area contributed by atoms with Gasteiger partial charge in [0.2, 0.25) is 11.8 Å². The van der Waals surface area contributed by atoms with Crippen LogP contribution in [-0.4, -0.2) is 66.5 Å². The number of nitrogens with one attached hydrogen (secondary N) is 1. The molecule has 1 aliphatic rings. The van der Waals surface area contributed by atoms with E-state index >= 15 is 0 Å². The van der Waals surface area contributed by atoms with E-state index in [1.807, 2.05) is 13.8 Å². The average molecular weight is 299 g/mol. The molecule has 3 amide bonds. The van der Waals surface area contributed by atoms with Crippen molar-refractivity contribution in [3.63, 3.8) is 0 Å². The summed E-state index contributed by atoms with van der Waals surface area (Å²) in [5, 5.41) is 2.70. The second kappa shape index (κ2) is 7.85. The number of hydrogen-bond donors (Lipinski definition) is 1. The van der Waals surface area contributed by atoms with E-state index in [4.69, 9.17) is 4.74 Å². The predicted molar refractivity (Wildman–Crippen MR) is 77.6 cm³/mol. The lowest BCUT2D eigenvalue weighted by atomic mass is 10.0. The van der Waals surface area contributed by atoms with Gasteiger partial charge in [-0.15, -0.1) is 0 Å². The Morgan fingerprint density at radius 2 is 1.62 bits per heavy atom. The van der Waals surface area contributed by atoms with Crippen LogP contribution < -0.4 is 5.32 Å². The average Bonchev–Trinajstić information content (AvgIpc) is 2.44. The molecule has 7 nitrogen and oxygen atoms in total. The molecule has 0 bridgehead atoms. The lowest BCUT2D eigenvalue weighted by Crippen LogP contribution is -2.57. The lowest BCUT2D eigenvalue weighted by molar-refractivity contribution is -0.138. The Labute approximate surface area is 125 Å². The molecule has 21 heavy (non-hydrogen) atoms. The fraction of sp³-hybridized carbons (Fsp3) is 0.786. The van der Waals surface area contributed by atoms with Gasteiger partial charge in [0, 0.05) is 33.1 Å². The largest absolute Gasteiger partial charge is 0.450 e. The van der Waals surface area contributed by atoms with Crippen molar-refractivity contribution in [3.8, 4) is 0 Å². The number of piperazine rings is 1. The molecule has 1 saturated heterocycles. The monoisotopic (exact) mass is 299 g/mol. The summed E-state index contributed by atoms with van der Waals surface area (Å²) in [5.41, 5.74) is 0. The molecule has 0 radical (unpaired) electrons. The second-order valence-corrected chi connectivity index (χ2v) is 5.43. The predicted octanol–water partition coefficient (Wildman–Crippen LogP) is 0.448. The van der Waals surface area contributed by atoms with Crippen LogP contribution in [0.15, 0.2) is 0 Å². The summed E-state index contributed by atoms with van der Waals surface area (Å²) in [5.74, 6) is -0.291. The van der Waals surface area contributed by atoms with E-state index in [1.165, 1.54) is 6.92 Å². The SMILES string of the molecule is CCOC(=O)N1CCN(C(=O)[C@@H](NC(C)=O)C(C)C)CC1. The first kappa shape index (κ1) is 17.3. The molecular weight excluding hydrogens is 274 g/mol. The fourth-order valence-corrected chi connectivity index (χ4v) is 2.25. The van der Waals surface area contributed by atoms with Gasteiger partial charge in [0.05, 0.1) is 6.61 Å². The number of amides is 3. The van der Waals surface area contributed by atoms with Gasteiger partial charge in [-0.2, -0.15) is 0 Å². The highest BCUT2D eigenvalue weighted by molar-refractivity contribution is 5.87. The summed E-state index contributed by atoms with van der Waals surface area (Å²) in [6.45, 7) is 9.13.